The van der Waals surface area contributed by atoms with Crippen LogP contribution in [0.25, 0.3) is 5.65 Å². The van der Waals surface area contributed by atoms with E-state index in [2.05, 4.69) is 10.3 Å². The fraction of sp³-hybridized carbons (Fsp3) is 0.400. The summed E-state index contributed by atoms with van der Waals surface area (Å²) in [5.74, 6) is 0.128. The van der Waals surface area contributed by atoms with Crippen molar-refractivity contribution in [3.05, 3.63) is 36.3 Å². The van der Waals surface area contributed by atoms with Crippen LogP contribution >= 0.6 is 0 Å². The summed E-state index contributed by atoms with van der Waals surface area (Å²) in [4.78, 5) is 26.6. The van der Waals surface area contributed by atoms with Crippen LogP contribution < -0.4 is 5.32 Å². The summed E-state index contributed by atoms with van der Waals surface area (Å²) in [7, 11) is 0. The van der Waals surface area contributed by atoms with Crippen LogP contribution in [0.1, 0.15) is 31.9 Å². The number of amides is 1. The third-order valence-corrected chi connectivity index (χ3v) is 3.13. The van der Waals surface area contributed by atoms with Gasteiger partial charge in [0.2, 0.25) is 5.91 Å². The Labute approximate surface area is 118 Å². The van der Waals surface area contributed by atoms with E-state index in [1.54, 1.807) is 6.92 Å². The average Bonchev–Trinajstić information content (AvgIpc) is 2.82. The summed E-state index contributed by atoms with van der Waals surface area (Å²) in [6.45, 7) is 2.13. The van der Waals surface area contributed by atoms with E-state index in [0.29, 0.717) is 25.8 Å². The zero-order chi connectivity index (χ0) is 14.4. The molecule has 2 heterocycles. The van der Waals surface area contributed by atoms with Crippen LogP contribution in [0, 0.1) is 0 Å². The van der Waals surface area contributed by atoms with Crippen molar-refractivity contribution < 1.29 is 9.59 Å². The van der Waals surface area contributed by atoms with Crippen LogP contribution in [0.2, 0.25) is 0 Å². The topological polar surface area (TPSA) is 63.5 Å². The number of hydrogen-bond donors (Lipinski definition) is 1. The van der Waals surface area contributed by atoms with Gasteiger partial charge >= 0.3 is 0 Å². The van der Waals surface area contributed by atoms with Gasteiger partial charge in [0.05, 0.1) is 0 Å². The molecule has 0 aliphatic carbocycles. The summed E-state index contributed by atoms with van der Waals surface area (Å²) >= 11 is 0. The molecule has 1 amide bonds. The summed E-state index contributed by atoms with van der Waals surface area (Å²) in [5.41, 5.74) is 1.99. The number of carbonyl (C=O) groups is 2. The Balaban J connectivity index is 1.75. The van der Waals surface area contributed by atoms with Crippen LogP contribution in [0.5, 0.6) is 0 Å². The van der Waals surface area contributed by atoms with Gasteiger partial charge in [-0.25, -0.2) is 4.98 Å². The third kappa shape index (κ3) is 3.91. The second-order valence-corrected chi connectivity index (χ2v) is 4.83. The molecule has 0 aromatic carbocycles. The molecule has 106 valence electrons. The van der Waals surface area contributed by atoms with Crippen LogP contribution in [0.4, 0.5) is 0 Å². The van der Waals surface area contributed by atoms with Gasteiger partial charge < -0.3 is 14.5 Å². The Morgan fingerprint density at radius 2 is 2.15 bits per heavy atom. The van der Waals surface area contributed by atoms with E-state index in [1.165, 1.54) is 0 Å². The number of rotatable bonds is 7. The van der Waals surface area contributed by atoms with E-state index in [0.717, 1.165) is 17.8 Å². The minimum atomic E-state index is 0.0000656. The second kappa shape index (κ2) is 6.84. The van der Waals surface area contributed by atoms with Crippen molar-refractivity contribution in [3.63, 3.8) is 0 Å². The number of hydrogen-bond acceptors (Lipinski definition) is 3. The Morgan fingerprint density at radius 3 is 2.95 bits per heavy atom. The first kappa shape index (κ1) is 14.2. The lowest BCUT2D eigenvalue weighted by atomic mass is 10.2. The Hall–Kier alpha value is -2.17. The van der Waals surface area contributed by atoms with Crippen molar-refractivity contribution in [3.8, 4) is 0 Å². The minimum absolute atomic E-state index is 0.0000656. The average molecular weight is 273 g/mol. The van der Waals surface area contributed by atoms with Crippen molar-refractivity contribution in [2.24, 2.45) is 0 Å². The van der Waals surface area contributed by atoms with Gasteiger partial charge in [0.15, 0.2) is 0 Å². The summed E-state index contributed by atoms with van der Waals surface area (Å²) in [5, 5.41) is 2.87. The molecule has 0 saturated carbocycles. The molecule has 0 radical (unpaired) electrons. The first-order chi connectivity index (χ1) is 9.66. The molecule has 0 saturated heterocycles. The molecule has 1 N–H and O–H groups in total. The highest BCUT2D eigenvalue weighted by Gasteiger charge is 2.05. The van der Waals surface area contributed by atoms with Gasteiger partial charge in [0.25, 0.3) is 0 Å². The highest BCUT2D eigenvalue weighted by Crippen LogP contribution is 2.06. The molecule has 0 spiro atoms. The molecule has 20 heavy (non-hydrogen) atoms. The lowest BCUT2D eigenvalue weighted by Gasteiger charge is -2.05. The number of imidazole rings is 1. The standard InChI is InChI=1S/C15H19N3O2/c1-12(19)5-4-7-15(20)16-9-8-13-11-17-14-6-2-3-10-18(13)14/h2-3,6,10-11H,4-5,7-9H2,1H3,(H,16,20). The third-order valence-electron chi connectivity index (χ3n) is 3.13. The van der Waals surface area contributed by atoms with Crippen LogP contribution in [0.15, 0.2) is 30.6 Å². The molecule has 2 aromatic heterocycles. The molecule has 5 heteroatoms. The zero-order valence-electron chi connectivity index (χ0n) is 11.6. The van der Waals surface area contributed by atoms with Crippen LogP contribution in [0.3, 0.4) is 0 Å². The van der Waals surface area contributed by atoms with Crippen molar-refractivity contribution in [2.75, 3.05) is 6.54 Å². The van der Waals surface area contributed by atoms with Gasteiger partial charge in [0.1, 0.15) is 11.4 Å². The van der Waals surface area contributed by atoms with Gasteiger partial charge in [-0.1, -0.05) is 6.07 Å². The maximum absolute atomic E-state index is 11.6. The molecular weight excluding hydrogens is 254 g/mol. The van der Waals surface area contributed by atoms with Crippen molar-refractivity contribution >= 4 is 17.3 Å². The number of nitrogens with one attached hydrogen (secondary N) is 1. The lowest BCUT2D eigenvalue weighted by Crippen LogP contribution is -2.25. The van der Waals surface area contributed by atoms with Crippen molar-refractivity contribution in [2.45, 2.75) is 32.6 Å². The fourth-order valence-electron chi connectivity index (χ4n) is 2.09. The molecular formula is C15H19N3O2. The fourth-order valence-corrected chi connectivity index (χ4v) is 2.09. The minimum Gasteiger partial charge on any atom is -0.356 e. The smallest absolute Gasteiger partial charge is 0.220 e. The van der Waals surface area contributed by atoms with Gasteiger partial charge in [0, 0.05) is 43.9 Å². The number of aromatic nitrogens is 2. The number of pyridine rings is 1. The zero-order valence-corrected chi connectivity index (χ0v) is 11.6. The molecule has 2 aromatic rings. The number of nitrogens with zero attached hydrogens (tertiary/aromatic N) is 2. The highest BCUT2D eigenvalue weighted by molar-refractivity contribution is 5.78. The van der Waals surface area contributed by atoms with E-state index in [4.69, 9.17) is 0 Å². The van der Waals surface area contributed by atoms with Gasteiger partial charge in [-0.2, -0.15) is 0 Å². The first-order valence-corrected chi connectivity index (χ1v) is 6.84. The molecule has 5 nitrogen and oxygen atoms in total. The van der Waals surface area contributed by atoms with Gasteiger partial charge in [-0.3, -0.25) is 4.79 Å². The number of fused-ring (bicyclic) bond motifs is 1. The molecule has 2 rings (SSSR count). The summed E-state index contributed by atoms with van der Waals surface area (Å²) in [6, 6.07) is 5.85. The van der Waals surface area contributed by atoms with Crippen LogP contribution in [-0.2, 0) is 16.0 Å². The first-order valence-electron chi connectivity index (χ1n) is 6.84. The molecule has 0 aliphatic heterocycles. The van der Waals surface area contributed by atoms with E-state index in [9.17, 15) is 9.59 Å². The van der Waals surface area contributed by atoms with E-state index in [-0.39, 0.29) is 11.7 Å². The van der Waals surface area contributed by atoms with Crippen molar-refractivity contribution in [1.29, 1.82) is 0 Å². The Morgan fingerprint density at radius 1 is 1.30 bits per heavy atom. The van der Waals surface area contributed by atoms with Gasteiger partial charge in [-0.05, 0) is 25.5 Å². The van der Waals surface area contributed by atoms with Gasteiger partial charge in [-0.15, -0.1) is 0 Å². The summed E-state index contributed by atoms with van der Waals surface area (Å²) < 4.78 is 2.02. The number of ketones is 1. The van der Waals surface area contributed by atoms with E-state index >= 15 is 0 Å². The predicted molar refractivity (Wildman–Crippen MR) is 76.4 cm³/mol. The lowest BCUT2D eigenvalue weighted by molar-refractivity contribution is -0.121. The maximum Gasteiger partial charge on any atom is 0.220 e. The SMILES string of the molecule is CC(=O)CCCC(=O)NCCc1cnc2ccccn12. The summed E-state index contributed by atoms with van der Waals surface area (Å²) in [6.07, 6.45) is 6.04. The molecule has 0 bridgehead atoms. The van der Waals surface area contributed by atoms with E-state index < -0.39 is 0 Å². The molecule has 0 aliphatic rings. The predicted octanol–water partition coefficient (Wildman–Crippen LogP) is 1.75. The highest BCUT2D eigenvalue weighted by atomic mass is 16.1. The quantitative estimate of drug-likeness (QED) is 0.836. The monoisotopic (exact) mass is 273 g/mol. The van der Waals surface area contributed by atoms with E-state index in [1.807, 2.05) is 35.0 Å². The largest absolute Gasteiger partial charge is 0.356 e. The number of carbonyl (C=O) groups excluding carboxylic acids is 2. The van der Waals surface area contributed by atoms with Crippen molar-refractivity contribution in [1.82, 2.24) is 14.7 Å². The maximum atomic E-state index is 11.6. The molecule has 0 fully saturated rings. The molecule has 0 unspecified atom stereocenters. The number of Topliss-reactive ketones (excluding diaryl/α,β-unsaturated/α-hetero) is 1. The molecule has 0 atom stereocenters. The Bertz CT molecular complexity index is 604. The Kier molecular flexibility index (Phi) is 4.87. The normalized spacial score (nSPS) is 10.7. The second-order valence-electron chi connectivity index (χ2n) is 4.83. The van der Waals surface area contributed by atoms with Crippen LogP contribution in [-0.4, -0.2) is 27.6 Å².